The average molecular weight is 237 g/mol. The smallest absolute Gasteiger partial charge is 0.411 e. The van der Waals surface area contributed by atoms with Crippen molar-refractivity contribution in [2.45, 2.75) is 32.3 Å². The van der Waals surface area contributed by atoms with Gasteiger partial charge in [-0.05, 0) is 25.0 Å². The Hall–Kier alpha value is -1.55. The van der Waals surface area contributed by atoms with Gasteiger partial charge in [-0.2, -0.15) is 0 Å². The Morgan fingerprint density at radius 3 is 2.41 bits per heavy atom. The number of ether oxygens (including phenoxy) is 1. The lowest BCUT2D eigenvalue weighted by Gasteiger charge is -2.24. The summed E-state index contributed by atoms with van der Waals surface area (Å²) in [5.41, 5.74) is -0.248. The number of aliphatic hydroxyl groups is 1. The van der Waals surface area contributed by atoms with Gasteiger partial charge in [0.1, 0.15) is 6.61 Å². The van der Waals surface area contributed by atoms with E-state index in [1.165, 1.54) is 0 Å². The fraction of sp³-hybridized carbons (Fsp3) is 0.462. The molecule has 0 aliphatic rings. The second-order valence-corrected chi connectivity index (χ2v) is 4.00. The van der Waals surface area contributed by atoms with Gasteiger partial charge in [0, 0.05) is 5.69 Å². The zero-order valence-corrected chi connectivity index (χ0v) is 10.3. The first-order chi connectivity index (χ1) is 8.09. The number of hydrogen-bond acceptors (Lipinski definition) is 3. The second kappa shape index (κ2) is 6.25. The van der Waals surface area contributed by atoms with Crippen LogP contribution in [0.5, 0.6) is 0 Å². The van der Waals surface area contributed by atoms with Gasteiger partial charge >= 0.3 is 6.09 Å². The average Bonchev–Trinajstić information content (AvgIpc) is 2.37. The number of carbonyl (C=O) groups is 1. The molecule has 0 heterocycles. The van der Waals surface area contributed by atoms with Crippen molar-refractivity contribution in [2.75, 3.05) is 11.9 Å². The molecule has 0 saturated carbocycles. The standard InChI is InChI=1S/C13H19NO3/c1-3-13(16,4-2)10-17-12(15)14-11-8-6-5-7-9-11/h5-9,16H,3-4,10H2,1-2H3,(H,14,15). The van der Waals surface area contributed by atoms with Crippen molar-refractivity contribution in [2.24, 2.45) is 0 Å². The van der Waals surface area contributed by atoms with Gasteiger partial charge in [-0.1, -0.05) is 32.0 Å². The van der Waals surface area contributed by atoms with E-state index in [9.17, 15) is 9.90 Å². The molecule has 0 spiro atoms. The van der Waals surface area contributed by atoms with Crippen molar-refractivity contribution < 1.29 is 14.6 Å². The van der Waals surface area contributed by atoms with Crippen molar-refractivity contribution >= 4 is 11.8 Å². The summed E-state index contributed by atoms with van der Waals surface area (Å²) in [5, 5.41) is 12.5. The third-order valence-electron chi connectivity index (χ3n) is 2.81. The van der Waals surface area contributed by atoms with E-state index in [1.54, 1.807) is 12.1 Å². The Morgan fingerprint density at radius 2 is 1.88 bits per heavy atom. The molecule has 0 fully saturated rings. The van der Waals surface area contributed by atoms with Crippen LogP contribution in [-0.4, -0.2) is 23.4 Å². The summed E-state index contributed by atoms with van der Waals surface area (Å²) >= 11 is 0. The van der Waals surface area contributed by atoms with Crippen LogP contribution in [-0.2, 0) is 4.74 Å². The molecule has 0 aliphatic carbocycles. The number of carbonyl (C=O) groups excluding carboxylic acids is 1. The maximum atomic E-state index is 11.4. The maximum absolute atomic E-state index is 11.4. The summed E-state index contributed by atoms with van der Waals surface area (Å²) < 4.78 is 4.99. The van der Waals surface area contributed by atoms with E-state index in [2.05, 4.69) is 5.32 Å². The molecule has 94 valence electrons. The van der Waals surface area contributed by atoms with Gasteiger partial charge in [-0.3, -0.25) is 5.32 Å². The summed E-state index contributed by atoms with van der Waals surface area (Å²) in [4.78, 5) is 11.4. The van der Waals surface area contributed by atoms with Gasteiger partial charge in [0.25, 0.3) is 0 Å². The van der Waals surface area contributed by atoms with Crippen LogP contribution < -0.4 is 5.32 Å². The highest BCUT2D eigenvalue weighted by Crippen LogP contribution is 2.15. The van der Waals surface area contributed by atoms with E-state index >= 15 is 0 Å². The zero-order valence-electron chi connectivity index (χ0n) is 10.3. The highest BCUT2D eigenvalue weighted by atomic mass is 16.6. The van der Waals surface area contributed by atoms with Gasteiger partial charge in [0.15, 0.2) is 0 Å². The van der Waals surface area contributed by atoms with E-state index in [0.717, 1.165) is 0 Å². The van der Waals surface area contributed by atoms with Gasteiger partial charge in [-0.15, -0.1) is 0 Å². The Balaban J connectivity index is 2.41. The van der Waals surface area contributed by atoms with E-state index in [0.29, 0.717) is 18.5 Å². The number of hydrogen-bond donors (Lipinski definition) is 2. The monoisotopic (exact) mass is 237 g/mol. The number of para-hydroxylation sites is 1. The third-order valence-corrected chi connectivity index (χ3v) is 2.81. The fourth-order valence-electron chi connectivity index (χ4n) is 1.33. The summed E-state index contributed by atoms with van der Waals surface area (Å²) in [6.07, 6.45) is 0.570. The van der Waals surface area contributed by atoms with E-state index < -0.39 is 11.7 Å². The van der Waals surface area contributed by atoms with Crippen LogP contribution >= 0.6 is 0 Å². The molecule has 0 saturated heterocycles. The number of nitrogens with one attached hydrogen (secondary N) is 1. The van der Waals surface area contributed by atoms with Crippen LogP contribution in [0.1, 0.15) is 26.7 Å². The van der Waals surface area contributed by atoms with Gasteiger partial charge in [0.2, 0.25) is 0 Å². The molecule has 0 aliphatic heterocycles. The highest BCUT2D eigenvalue weighted by molar-refractivity contribution is 5.84. The topological polar surface area (TPSA) is 58.6 Å². The molecule has 0 radical (unpaired) electrons. The molecule has 0 unspecified atom stereocenters. The van der Waals surface area contributed by atoms with Crippen LogP contribution in [0.2, 0.25) is 0 Å². The fourth-order valence-corrected chi connectivity index (χ4v) is 1.33. The molecule has 1 amide bonds. The predicted molar refractivity (Wildman–Crippen MR) is 66.9 cm³/mol. The molecule has 0 aromatic heterocycles. The van der Waals surface area contributed by atoms with Crippen LogP contribution in [0, 0.1) is 0 Å². The first-order valence-corrected chi connectivity index (χ1v) is 5.81. The molecule has 4 nitrogen and oxygen atoms in total. The number of anilines is 1. The minimum atomic E-state index is -0.923. The third kappa shape index (κ3) is 4.44. The van der Waals surface area contributed by atoms with Crippen LogP contribution in [0.25, 0.3) is 0 Å². The van der Waals surface area contributed by atoms with Gasteiger partial charge in [0.05, 0.1) is 5.60 Å². The molecule has 2 N–H and O–H groups in total. The molecule has 4 heteroatoms. The lowest BCUT2D eigenvalue weighted by atomic mass is 9.99. The molecular weight excluding hydrogens is 218 g/mol. The Morgan fingerprint density at radius 1 is 1.29 bits per heavy atom. The molecule has 1 aromatic rings. The first kappa shape index (κ1) is 13.5. The van der Waals surface area contributed by atoms with Crippen molar-refractivity contribution in [1.82, 2.24) is 0 Å². The maximum Gasteiger partial charge on any atom is 0.411 e. The molecule has 1 aromatic carbocycles. The first-order valence-electron chi connectivity index (χ1n) is 5.81. The molecule has 17 heavy (non-hydrogen) atoms. The lowest BCUT2D eigenvalue weighted by Crippen LogP contribution is -2.34. The Kier molecular flexibility index (Phi) is 4.97. The number of amides is 1. The summed E-state index contributed by atoms with van der Waals surface area (Å²) in [6.45, 7) is 3.74. The van der Waals surface area contributed by atoms with Crippen molar-refractivity contribution in [3.63, 3.8) is 0 Å². The Bertz CT molecular complexity index is 347. The normalized spacial score (nSPS) is 11.0. The minimum absolute atomic E-state index is 0.0126. The second-order valence-electron chi connectivity index (χ2n) is 4.00. The van der Waals surface area contributed by atoms with Crippen molar-refractivity contribution in [1.29, 1.82) is 0 Å². The van der Waals surface area contributed by atoms with Crippen LogP contribution in [0.15, 0.2) is 30.3 Å². The summed E-state index contributed by atoms with van der Waals surface area (Å²) in [6, 6.07) is 9.05. The van der Waals surface area contributed by atoms with Gasteiger partial charge < -0.3 is 9.84 Å². The Labute approximate surface area is 102 Å². The van der Waals surface area contributed by atoms with Crippen LogP contribution in [0.3, 0.4) is 0 Å². The number of rotatable bonds is 5. The minimum Gasteiger partial charge on any atom is -0.446 e. The predicted octanol–water partition coefficient (Wildman–Crippen LogP) is 2.79. The molecule has 0 atom stereocenters. The quantitative estimate of drug-likeness (QED) is 0.827. The highest BCUT2D eigenvalue weighted by Gasteiger charge is 2.24. The zero-order chi connectivity index (χ0) is 12.7. The van der Waals surface area contributed by atoms with E-state index in [-0.39, 0.29) is 6.61 Å². The summed E-state index contributed by atoms with van der Waals surface area (Å²) in [5.74, 6) is 0. The van der Waals surface area contributed by atoms with Crippen LogP contribution in [0.4, 0.5) is 10.5 Å². The largest absolute Gasteiger partial charge is 0.446 e. The molecule has 0 bridgehead atoms. The van der Waals surface area contributed by atoms with Gasteiger partial charge in [-0.25, -0.2) is 4.79 Å². The van der Waals surface area contributed by atoms with Crippen molar-refractivity contribution in [3.05, 3.63) is 30.3 Å². The molecular formula is C13H19NO3. The number of benzene rings is 1. The molecule has 1 rings (SSSR count). The SMILES string of the molecule is CCC(O)(CC)COC(=O)Nc1ccccc1. The van der Waals surface area contributed by atoms with E-state index in [1.807, 2.05) is 32.0 Å². The lowest BCUT2D eigenvalue weighted by molar-refractivity contribution is -0.0244. The van der Waals surface area contributed by atoms with Crippen molar-refractivity contribution in [3.8, 4) is 0 Å². The summed E-state index contributed by atoms with van der Waals surface area (Å²) in [7, 11) is 0. The van der Waals surface area contributed by atoms with E-state index in [4.69, 9.17) is 4.74 Å².